The fraction of sp³-hybridized carbons (Fsp3) is 0.917. The number of likely N-dealkylation sites (N-methyl/N-ethyl adjacent to an activating group) is 1. The van der Waals surface area contributed by atoms with Crippen LogP contribution in [0.3, 0.4) is 0 Å². The smallest absolute Gasteiger partial charge is 0.233 e. The minimum absolute atomic E-state index is 0.114. The lowest BCUT2D eigenvalue weighted by atomic mass is 9.80. The third-order valence-corrected chi connectivity index (χ3v) is 3.10. The van der Waals surface area contributed by atoms with Gasteiger partial charge in [-0.3, -0.25) is 4.79 Å². The molecule has 0 heterocycles. The average Bonchev–Trinajstić information content (AvgIpc) is 2.14. The van der Waals surface area contributed by atoms with Gasteiger partial charge in [0.2, 0.25) is 5.91 Å². The molecule has 1 rings (SSSR count). The summed E-state index contributed by atoms with van der Waals surface area (Å²) in [6.07, 6.45) is 3.76. The summed E-state index contributed by atoms with van der Waals surface area (Å²) in [6, 6.07) is 0.534. The van der Waals surface area contributed by atoms with Gasteiger partial charge in [0.15, 0.2) is 0 Å². The highest BCUT2D eigenvalue weighted by atomic mass is 16.1. The predicted molar refractivity (Wildman–Crippen MR) is 62.7 cm³/mol. The van der Waals surface area contributed by atoms with Crippen LogP contribution in [-0.4, -0.2) is 25.0 Å². The molecular weight excluding hydrogens is 188 g/mol. The van der Waals surface area contributed by atoms with Gasteiger partial charge >= 0.3 is 0 Å². The molecule has 1 aliphatic rings. The monoisotopic (exact) mass is 212 g/mol. The Morgan fingerprint density at radius 3 is 2.33 bits per heavy atom. The number of carbonyl (C=O) groups excluding carboxylic acids is 1. The van der Waals surface area contributed by atoms with Gasteiger partial charge in [0.05, 0.1) is 6.54 Å². The first-order valence-corrected chi connectivity index (χ1v) is 6.11. The molecule has 2 unspecified atom stereocenters. The van der Waals surface area contributed by atoms with Crippen molar-refractivity contribution in [3.8, 4) is 0 Å². The maximum absolute atomic E-state index is 11.3. The lowest BCUT2D eigenvalue weighted by Crippen LogP contribution is -2.42. The topological polar surface area (TPSA) is 41.1 Å². The Morgan fingerprint density at radius 2 is 1.80 bits per heavy atom. The highest BCUT2D eigenvalue weighted by Gasteiger charge is 2.23. The first-order valence-electron chi connectivity index (χ1n) is 6.11. The molecule has 0 aromatic carbocycles. The summed E-state index contributed by atoms with van der Waals surface area (Å²) in [4.78, 5) is 11.3. The minimum Gasteiger partial charge on any atom is -0.355 e. The van der Waals surface area contributed by atoms with Gasteiger partial charge in [-0.2, -0.15) is 0 Å². The van der Waals surface area contributed by atoms with Crippen molar-refractivity contribution in [3.05, 3.63) is 0 Å². The Hall–Kier alpha value is -0.570. The second-order valence-corrected chi connectivity index (χ2v) is 4.95. The van der Waals surface area contributed by atoms with Crippen molar-refractivity contribution in [2.45, 2.75) is 46.1 Å². The van der Waals surface area contributed by atoms with E-state index in [0.717, 1.165) is 18.4 Å². The molecule has 1 saturated carbocycles. The van der Waals surface area contributed by atoms with Gasteiger partial charge in [0.1, 0.15) is 0 Å². The summed E-state index contributed by atoms with van der Waals surface area (Å²) in [6.45, 7) is 7.74. The van der Waals surface area contributed by atoms with Crippen molar-refractivity contribution in [1.82, 2.24) is 10.6 Å². The van der Waals surface area contributed by atoms with E-state index >= 15 is 0 Å². The van der Waals surface area contributed by atoms with Crippen LogP contribution < -0.4 is 10.6 Å². The molecule has 0 spiro atoms. The lowest BCUT2D eigenvalue weighted by Gasteiger charge is -2.31. The van der Waals surface area contributed by atoms with Crippen LogP contribution in [0.4, 0.5) is 0 Å². The molecule has 0 saturated heterocycles. The highest BCUT2D eigenvalue weighted by molar-refractivity contribution is 5.77. The third-order valence-electron chi connectivity index (χ3n) is 3.10. The predicted octanol–water partition coefficient (Wildman–Crippen LogP) is 1.54. The van der Waals surface area contributed by atoms with Crippen LogP contribution in [0.5, 0.6) is 0 Å². The van der Waals surface area contributed by atoms with E-state index in [-0.39, 0.29) is 5.91 Å². The van der Waals surface area contributed by atoms with E-state index < -0.39 is 0 Å². The summed E-state index contributed by atoms with van der Waals surface area (Å²) in [5.74, 6) is 1.70. The van der Waals surface area contributed by atoms with E-state index in [9.17, 15) is 4.79 Å². The SMILES string of the molecule is CCNC(=O)CNC1CC(C)CC(C)C1. The fourth-order valence-corrected chi connectivity index (χ4v) is 2.61. The van der Waals surface area contributed by atoms with Crippen molar-refractivity contribution in [2.75, 3.05) is 13.1 Å². The minimum atomic E-state index is 0.114. The summed E-state index contributed by atoms with van der Waals surface area (Å²) >= 11 is 0. The van der Waals surface area contributed by atoms with Crippen LogP contribution in [0.1, 0.15) is 40.0 Å². The highest BCUT2D eigenvalue weighted by Crippen LogP contribution is 2.28. The second kappa shape index (κ2) is 6.11. The standard InChI is InChI=1S/C12H24N2O/c1-4-13-12(15)8-14-11-6-9(2)5-10(3)7-11/h9-11,14H,4-8H2,1-3H3,(H,13,15). The molecule has 3 heteroatoms. The summed E-state index contributed by atoms with van der Waals surface area (Å²) in [5, 5.41) is 6.16. The molecule has 2 atom stereocenters. The number of carbonyl (C=O) groups is 1. The van der Waals surface area contributed by atoms with Gasteiger partial charge in [-0.25, -0.2) is 0 Å². The zero-order chi connectivity index (χ0) is 11.3. The van der Waals surface area contributed by atoms with Crippen LogP contribution in [-0.2, 0) is 4.79 Å². The quantitative estimate of drug-likeness (QED) is 0.742. The lowest BCUT2D eigenvalue weighted by molar-refractivity contribution is -0.120. The Balaban J connectivity index is 2.23. The molecular formula is C12H24N2O. The van der Waals surface area contributed by atoms with Crippen LogP contribution in [0.15, 0.2) is 0 Å². The molecule has 88 valence electrons. The van der Waals surface area contributed by atoms with Crippen LogP contribution in [0.25, 0.3) is 0 Å². The van der Waals surface area contributed by atoms with Gasteiger partial charge in [-0.1, -0.05) is 13.8 Å². The molecule has 0 aromatic heterocycles. The Kier molecular flexibility index (Phi) is 5.09. The van der Waals surface area contributed by atoms with E-state index in [1.165, 1.54) is 19.3 Å². The number of rotatable bonds is 4. The molecule has 1 fully saturated rings. The molecule has 0 aromatic rings. The molecule has 15 heavy (non-hydrogen) atoms. The summed E-state index contributed by atoms with van der Waals surface area (Å²) in [7, 11) is 0. The van der Waals surface area contributed by atoms with Crippen molar-refractivity contribution in [3.63, 3.8) is 0 Å². The van der Waals surface area contributed by atoms with Crippen molar-refractivity contribution >= 4 is 5.91 Å². The molecule has 0 aliphatic heterocycles. The van der Waals surface area contributed by atoms with E-state index in [1.54, 1.807) is 0 Å². The average molecular weight is 212 g/mol. The molecule has 0 radical (unpaired) electrons. The van der Waals surface area contributed by atoms with Gasteiger partial charge in [0.25, 0.3) is 0 Å². The largest absolute Gasteiger partial charge is 0.355 e. The molecule has 3 nitrogen and oxygen atoms in total. The van der Waals surface area contributed by atoms with Gasteiger partial charge in [-0.05, 0) is 38.0 Å². The molecule has 0 bridgehead atoms. The number of hydrogen-bond acceptors (Lipinski definition) is 2. The fourth-order valence-electron chi connectivity index (χ4n) is 2.61. The number of nitrogens with one attached hydrogen (secondary N) is 2. The van der Waals surface area contributed by atoms with Crippen molar-refractivity contribution in [1.29, 1.82) is 0 Å². The Morgan fingerprint density at radius 1 is 1.20 bits per heavy atom. The Bertz CT molecular complexity index is 196. The molecule has 2 N–H and O–H groups in total. The van der Waals surface area contributed by atoms with E-state index in [1.807, 2.05) is 6.92 Å². The Labute approximate surface area is 93.0 Å². The number of amides is 1. The van der Waals surface area contributed by atoms with Crippen molar-refractivity contribution < 1.29 is 4.79 Å². The van der Waals surface area contributed by atoms with Gasteiger partial charge in [-0.15, -0.1) is 0 Å². The van der Waals surface area contributed by atoms with Crippen molar-refractivity contribution in [2.24, 2.45) is 11.8 Å². The first kappa shape index (κ1) is 12.5. The second-order valence-electron chi connectivity index (χ2n) is 4.95. The van der Waals surface area contributed by atoms with Gasteiger partial charge < -0.3 is 10.6 Å². The number of hydrogen-bond donors (Lipinski definition) is 2. The summed E-state index contributed by atoms with van der Waals surface area (Å²) < 4.78 is 0. The summed E-state index contributed by atoms with van der Waals surface area (Å²) in [5.41, 5.74) is 0. The zero-order valence-corrected chi connectivity index (χ0v) is 10.2. The van der Waals surface area contributed by atoms with E-state index in [2.05, 4.69) is 24.5 Å². The van der Waals surface area contributed by atoms with Gasteiger partial charge in [0, 0.05) is 12.6 Å². The van der Waals surface area contributed by atoms with E-state index in [4.69, 9.17) is 0 Å². The van der Waals surface area contributed by atoms with Crippen LogP contribution in [0, 0.1) is 11.8 Å². The maximum atomic E-state index is 11.3. The molecule has 1 aliphatic carbocycles. The molecule has 1 amide bonds. The van der Waals surface area contributed by atoms with Crippen LogP contribution in [0.2, 0.25) is 0 Å². The maximum Gasteiger partial charge on any atom is 0.233 e. The first-order chi connectivity index (χ1) is 7.11. The third kappa shape index (κ3) is 4.65. The normalized spacial score (nSPS) is 31.3. The van der Waals surface area contributed by atoms with E-state index in [0.29, 0.717) is 12.6 Å². The zero-order valence-electron chi connectivity index (χ0n) is 10.2. The van der Waals surface area contributed by atoms with Crippen LogP contribution >= 0.6 is 0 Å².